The fourth-order valence-corrected chi connectivity index (χ4v) is 8.91. The number of phenols is 2. The number of halogens is 2. The number of aryl methyl sites for hydroxylation is 2. The normalized spacial score (nSPS) is 11.6. The molecular weight excluding hydrogens is 1030 g/mol. The van der Waals surface area contributed by atoms with Gasteiger partial charge in [0.05, 0.1) is 22.3 Å². The van der Waals surface area contributed by atoms with E-state index in [4.69, 9.17) is 39.4 Å². The number of benzene rings is 8. The molecule has 0 aliphatic carbocycles. The minimum absolute atomic E-state index is 0. The van der Waals surface area contributed by atoms with Gasteiger partial charge in [0.15, 0.2) is 47.2 Å². The van der Waals surface area contributed by atoms with E-state index >= 15 is 8.78 Å². The molecule has 0 amide bonds. The van der Waals surface area contributed by atoms with E-state index in [1.54, 1.807) is 36.4 Å². The van der Waals surface area contributed by atoms with Crippen molar-refractivity contribution in [3.8, 4) is 114 Å². The molecule has 2 heterocycles. The van der Waals surface area contributed by atoms with Crippen molar-refractivity contribution in [3.63, 3.8) is 0 Å². The summed E-state index contributed by atoms with van der Waals surface area (Å²) >= 11 is 0. The van der Waals surface area contributed by atoms with E-state index < -0.39 is 11.6 Å². The fourth-order valence-electron chi connectivity index (χ4n) is 8.91. The summed E-state index contributed by atoms with van der Waals surface area (Å²) in [5, 5.41) is 24.3. The molecule has 10 rings (SSSR count). The average molecular weight is 1090 g/mol. The van der Waals surface area contributed by atoms with Crippen molar-refractivity contribution in [1.29, 1.82) is 0 Å². The number of nitrogens with zero attached hydrogens (tertiary/aromatic N) is 6. The van der Waals surface area contributed by atoms with Crippen LogP contribution in [0.2, 0.25) is 0 Å². The number of aliphatic hydroxyl groups is 2. The van der Waals surface area contributed by atoms with Gasteiger partial charge in [0.25, 0.3) is 11.5 Å². The van der Waals surface area contributed by atoms with Crippen LogP contribution in [0.5, 0.6) is 23.0 Å². The van der Waals surface area contributed by atoms with Crippen LogP contribution in [0.1, 0.15) is 31.4 Å². The van der Waals surface area contributed by atoms with Crippen LogP contribution in [0.4, 0.5) is 8.78 Å². The smallest absolute Gasteiger partial charge is 0.263 e. The van der Waals surface area contributed by atoms with Gasteiger partial charge in [-0.1, -0.05) is 121 Å². The van der Waals surface area contributed by atoms with Gasteiger partial charge in [-0.25, -0.2) is 38.7 Å². The third-order valence-corrected chi connectivity index (χ3v) is 12.3. The van der Waals surface area contributed by atoms with Crippen molar-refractivity contribution < 1.29 is 54.7 Å². The van der Waals surface area contributed by atoms with E-state index in [2.05, 4.69) is 0 Å². The zero-order valence-electron chi connectivity index (χ0n) is 42.9. The molecular formula is C63H56F2N6O4Zr. The Bertz CT molecular complexity index is 3260. The second-order valence-corrected chi connectivity index (χ2v) is 18.0. The summed E-state index contributed by atoms with van der Waals surface area (Å²) in [4.78, 5) is 29.0. The predicted molar refractivity (Wildman–Crippen MR) is 296 cm³/mol. The van der Waals surface area contributed by atoms with Gasteiger partial charge < -0.3 is 34.5 Å². The quantitative estimate of drug-likeness (QED) is 0.0809. The first-order valence-electron chi connectivity index (χ1n) is 23.9. The van der Waals surface area contributed by atoms with Crippen LogP contribution < -0.4 is 0 Å². The molecule has 10 nitrogen and oxygen atoms in total. The predicted octanol–water partition coefficient (Wildman–Crippen LogP) is 14.9. The van der Waals surface area contributed by atoms with Crippen molar-refractivity contribution in [3.05, 3.63) is 220 Å². The Labute approximate surface area is 461 Å². The molecule has 2 atom stereocenters. The average Bonchev–Trinajstić information content (AvgIpc) is 3.41. The van der Waals surface area contributed by atoms with Gasteiger partial charge in [-0.2, -0.15) is 0 Å². The largest absolute Gasteiger partial charge is 0.580 e. The van der Waals surface area contributed by atoms with Crippen molar-refractivity contribution in [1.82, 2.24) is 29.9 Å². The molecule has 10 aromatic rings. The zero-order chi connectivity index (χ0) is 50.6. The Morgan fingerprint density at radius 1 is 0.382 bits per heavy atom. The van der Waals surface area contributed by atoms with Gasteiger partial charge in [0.2, 0.25) is 0 Å². The van der Waals surface area contributed by atoms with E-state index in [1.165, 1.54) is 24.3 Å². The molecule has 0 aliphatic heterocycles. The number of rotatable bonds is 14. The number of aromatic hydroxyl groups is 4. The molecule has 2 aromatic heterocycles. The maximum Gasteiger partial charge on any atom is 0.263 e. The molecule has 13 heteroatoms. The summed E-state index contributed by atoms with van der Waals surface area (Å²) in [7, 11) is 0. The van der Waals surface area contributed by atoms with Gasteiger partial charge >= 0.3 is 0 Å². The maximum absolute atomic E-state index is 15.3. The number of hydrogen-bond acceptors (Lipinski definition) is 8. The van der Waals surface area contributed by atoms with Crippen molar-refractivity contribution in [2.75, 3.05) is 0 Å². The molecule has 0 aliphatic rings. The van der Waals surface area contributed by atoms with Gasteiger partial charge in [0.1, 0.15) is 29.6 Å². The maximum atomic E-state index is 15.3. The Morgan fingerprint density at radius 2 is 0.658 bits per heavy atom. The second kappa shape index (κ2) is 24.4. The first-order valence-corrected chi connectivity index (χ1v) is 23.9. The van der Waals surface area contributed by atoms with Crippen molar-refractivity contribution in [2.24, 2.45) is 0 Å². The number of aromatic nitrogens is 6. The Balaban J connectivity index is 0.00000280. The van der Waals surface area contributed by atoms with Gasteiger partial charge in [-0.15, -0.1) is 0 Å². The molecule has 4 N–H and O–H groups in total. The summed E-state index contributed by atoms with van der Waals surface area (Å²) in [5.41, 5.74) is 6.88. The molecule has 0 unspecified atom stereocenters. The Hall–Kier alpha value is -8.28. The van der Waals surface area contributed by atoms with E-state index in [-0.39, 0.29) is 76.4 Å². The van der Waals surface area contributed by atoms with Gasteiger partial charge in [-0.05, 0) is 73.5 Å². The third-order valence-electron chi connectivity index (χ3n) is 12.3. The van der Waals surface area contributed by atoms with E-state index in [1.807, 2.05) is 149 Å². The van der Waals surface area contributed by atoms with Crippen molar-refractivity contribution in [2.45, 2.75) is 46.3 Å². The number of phenolic OH excluding ortho intramolecular Hbond substituents is 2. The number of ether oxygens (including phenoxy) is 2. The molecule has 0 spiro atoms. The first-order chi connectivity index (χ1) is 35.4. The van der Waals surface area contributed by atoms with Gasteiger partial charge in [-0.3, -0.25) is 0 Å². The Morgan fingerprint density at radius 3 is 0.961 bits per heavy atom. The SMILES string of the molecule is Cc1cc(-c2nc(-c3ccccc3)nc(-c3ccccc3)n2)c(O)c(-c2cc(F)ccc2[OH+][C@H](C)C[C@H](C)[OH+]c2ccc(F)cc2-c2cc(C)cc(-c3nc(-c4ccccc4)nc(-c4ccccc4)n3)c2O)c1.[CH3-].[CH3-].[Zr]. The first kappa shape index (κ1) is 55.5. The summed E-state index contributed by atoms with van der Waals surface area (Å²) in [6.07, 6.45) is -0.276. The van der Waals surface area contributed by atoms with Crippen LogP contribution in [0.15, 0.2) is 182 Å². The molecule has 0 radical (unpaired) electrons. The zero-order valence-corrected chi connectivity index (χ0v) is 45.4. The van der Waals surface area contributed by atoms with Crippen LogP contribution in [-0.2, 0) is 26.2 Å². The number of hydrogen-bond donors (Lipinski definition) is 2. The minimum Gasteiger partial charge on any atom is -0.580 e. The molecule has 8 aromatic carbocycles. The van der Waals surface area contributed by atoms with Gasteiger partial charge in [0, 0.05) is 85.6 Å². The molecule has 0 saturated carbocycles. The van der Waals surface area contributed by atoms with Crippen LogP contribution in [0.25, 0.3) is 90.6 Å². The molecule has 0 saturated heterocycles. The molecule has 0 bridgehead atoms. The van der Waals surface area contributed by atoms with Crippen LogP contribution in [0.3, 0.4) is 0 Å². The van der Waals surface area contributed by atoms with Crippen LogP contribution in [-0.4, -0.2) is 61.8 Å². The fraction of sp³-hybridized carbons (Fsp3) is 0.111. The van der Waals surface area contributed by atoms with E-state index in [0.29, 0.717) is 74.6 Å². The molecule has 0 fully saturated rings. The molecule has 76 heavy (non-hydrogen) atoms. The molecule has 380 valence electrons. The third kappa shape index (κ3) is 12.3. The monoisotopic (exact) mass is 1090 g/mol. The standard InChI is InChI=1S/C61H48F2N6O4.2CH3.Zr/c1-36-29-48(54(70)50(31-36)60-66-56(40-17-9-5-10-18-40)64-57(67-60)41-19-11-6-12-20-41)46-34-44(62)25-27-52(46)72-38(3)33-39(4)73-53-28-26-45(63)35-47(53)49-30-37(2)32-51(55(49)71)61-68-58(42-21-13-7-14-22-42)65-59(69-61)43-23-15-8-16-24-43;;;/h5-32,34-35,38-39,70-71H,33H2,1-4H3;2*1H3;/q;2*-1;/p+2/t38-,39+;;;. The van der Waals surface area contributed by atoms with Crippen LogP contribution >= 0.6 is 0 Å². The summed E-state index contributed by atoms with van der Waals surface area (Å²) in [6, 6.07) is 54.0. The Kier molecular flexibility index (Phi) is 17.8. The second-order valence-electron chi connectivity index (χ2n) is 18.0. The summed E-state index contributed by atoms with van der Waals surface area (Å²) in [6.45, 7) is 7.66. The van der Waals surface area contributed by atoms with Crippen molar-refractivity contribution >= 4 is 0 Å². The minimum atomic E-state index is -0.500. The van der Waals surface area contributed by atoms with Crippen LogP contribution in [0, 0.1) is 40.3 Å². The van der Waals surface area contributed by atoms with E-state index in [9.17, 15) is 10.2 Å². The topological polar surface area (TPSA) is 143 Å². The van der Waals surface area contributed by atoms with E-state index in [0.717, 1.165) is 33.4 Å². The summed E-state index contributed by atoms with van der Waals surface area (Å²) < 4.78 is 40.7. The summed E-state index contributed by atoms with van der Waals surface area (Å²) in [5.74, 6) is 1.90.